The van der Waals surface area contributed by atoms with Crippen LogP contribution in [0.4, 0.5) is 5.69 Å². The van der Waals surface area contributed by atoms with Crippen molar-refractivity contribution in [3.63, 3.8) is 0 Å². The van der Waals surface area contributed by atoms with E-state index in [1.807, 2.05) is 31.2 Å². The third-order valence-electron chi connectivity index (χ3n) is 3.26. The lowest BCUT2D eigenvalue weighted by Gasteiger charge is -2.07. The van der Waals surface area contributed by atoms with Gasteiger partial charge in [0.15, 0.2) is 0 Å². The molecule has 0 aliphatic carbocycles. The number of amides is 2. The van der Waals surface area contributed by atoms with Gasteiger partial charge >= 0.3 is 0 Å². The van der Waals surface area contributed by atoms with Crippen LogP contribution in [-0.4, -0.2) is 22.5 Å². The minimum atomic E-state index is -0.611. The number of hydrazine groups is 1. The summed E-state index contributed by atoms with van der Waals surface area (Å²) in [7, 11) is 0. The molecule has 2 aromatic rings. The number of nitrogens with one attached hydrogen (secondary N) is 2. The van der Waals surface area contributed by atoms with E-state index in [4.69, 9.17) is 0 Å². The minimum absolute atomic E-state index is 0.0989. The Morgan fingerprint density at radius 1 is 1.12 bits per heavy atom. The van der Waals surface area contributed by atoms with E-state index < -0.39 is 10.8 Å². The molecule has 0 heterocycles. The lowest BCUT2D eigenvalue weighted by Crippen LogP contribution is -2.42. The Labute approximate surface area is 148 Å². The Balaban J connectivity index is 1.75. The van der Waals surface area contributed by atoms with E-state index >= 15 is 0 Å². The van der Waals surface area contributed by atoms with Gasteiger partial charge in [0.2, 0.25) is 5.91 Å². The molecule has 2 N–H and O–H groups in total. The molecule has 130 valence electrons. The number of carbonyl (C=O) groups is 2. The van der Waals surface area contributed by atoms with Gasteiger partial charge in [-0.2, -0.15) is 0 Å². The van der Waals surface area contributed by atoms with E-state index in [2.05, 4.69) is 10.9 Å². The minimum Gasteiger partial charge on any atom is -0.272 e. The molecule has 0 aromatic heterocycles. The molecule has 0 aliphatic heterocycles. The first-order chi connectivity index (χ1) is 12.0. The van der Waals surface area contributed by atoms with Gasteiger partial charge < -0.3 is 0 Å². The summed E-state index contributed by atoms with van der Waals surface area (Å²) in [6.45, 7) is 2.01. The van der Waals surface area contributed by atoms with Crippen LogP contribution in [0.5, 0.6) is 0 Å². The summed E-state index contributed by atoms with van der Waals surface area (Å²) in [6, 6.07) is 13.3. The Bertz CT molecular complexity index is 778. The number of rotatable bonds is 6. The van der Waals surface area contributed by atoms with E-state index in [1.165, 1.54) is 35.5 Å². The molecule has 0 unspecified atom stereocenters. The number of carbonyl (C=O) groups excluding carboxylic acids is 2. The zero-order valence-corrected chi connectivity index (χ0v) is 14.3. The smallest absolute Gasteiger partial charge is 0.270 e. The molecule has 0 radical (unpaired) electrons. The molecule has 2 aromatic carbocycles. The molecular formula is C17H17N3O4S. The van der Waals surface area contributed by atoms with Crippen LogP contribution in [0.25, 0.3) is 0 Å². The van der Waals surface area contributed by atoms with E-state index in [1.54, 1.807) is 0 Å². The average molecular weight is 359 g/mol. The summed E-state index contributed by atoms with van der Waals surface area (Å²) in [4.78, 5) is 33.8. The maximum absolute atomic E-state index is 11.9. The van der Waals surface area contributed by atoms with Gasteiger partial charge in [-0.25, -0.2) is 0 Å². The molecule has 25 heavy (non-hydrogen) atoms. The molecule has 0 saturated heterocycles. The van der Waals surface area contributed by atoms with E-state index in [-0.39, 0.29) is 22.9 Å². The lowest BCUT2D eigenvalue weighted by atomic mass is 10.2. The highest BCUT2D eigenvalue weighted by Gasteiger charge is 2.12. The molecule has 0 saturated carbocycles. The molecule has 0 aliphatic rings. The molecule has 2 amide bonds. The summed E-state index contributed by atoms with van der Waals surface area (Å²) in [5, 5.41) is 10.7. The number of hydrogen-bond donors (Lipinski definition) is 2. The molecular weight excluding hydrogens is 342 g/mol. The molecule has 7 nitrogen and oxygen atoms in total. The summed E-state index contributed by atoms with van der Waals surface area (Å²) >= 11 is 1.42. The van der Waals surface area contributed by atoms with Crippen molar-refractivity contribution in [2.75, 3.05) is 5.75 Å². The third kappa shape index (κ3) is 5.92. The Morgan fingerprint density at radius 3 is 2.52 bits per heavy atom. The predicted octanol–water partition coefficient (Wildman–Crippen LogP) is 2.60. The summed E-state index contributed by atoms with van der Waals surface area (Å²) < 4.78 is 0. The van der Waals surface area contributed by atoms with Gasteiger partial charge in [0.25, 0.3) is 11.6 Å². The SMILES string of the molecule is Cc1ccc(CSCC(=O)NNC(=O)c2cccc([N+](=O)[O-])c2)cc1. The Hall–Kier alpha value is -2.87. The Morgan fingerprint density at radius 2 is 1.84 bits per heavy atom. The fourth-order valence-corrected chi connectivity index (χ4v) is 2.73. The van der Waals surface area contributed by atoms with Crippen LogP contribution < -0.4 is 10.9 Å². The van der Waals surface area contributed by atoms with Gasteiger partial charge in [0.05, 0.1) is 10.7 Å². The first kappa shape index (κ1) is 18.5. The van der Waals surface area contributed by atoms with Crippen molar-refractivity contribution in [1.29, 1.82) is 0 Å². The fourth-order valence-electron chi connectivity index (χ4n) is 1.94. The maximum atomic E-state index is 11.9. The van der Waals surface area contributed by atoms with E-state index in [9.17, 15) is 19.7 Å². The standard InChI is InChI=1S/C17H17N3O4S/c1-12-5-7-13(8-6-12)10-25-11-16(21)18-19-17(22)14-3-2-4-15(9-14)20(23)24/h2-9H,10-11H2,1H3,(H,18,21)(H,19,22). The van der Waals surface area contributed by atoms with E-state index in [0.717, 1.165) is 11.6 Å². The maximum Gasteiger partial charge on any atom is 0.270 e. The number of hydrogen-bond acceptors (Lipinski definition) is 5. The topological polar surface area (TPSA) is 101 Å². The highest BCUT2D eigenvalue weighted by Crippen LogP contribution is 2.13. The van der Waals surface area contributed by atoms with Gasteiger partial charge in [-0.3, -0.25) is 30.6 Å². The average Bonchev–Trinajstić information content (AvgIpc) is 2.61. The molecule has 2 rings (SSSR count). The van der Waals surface area contributed by atoms with Gasteiger partial charge in [0, 0.05) is 23.4 Å². The summed E-state index contributed by atoms with van der Waals surface area (Å²) in [5.41, 5.74) is 6.75. The fraction of sp³-hybridized carbons (Fsp3) is 0.176. The second kappa shape index (κ2) is 8.84. The van der Waals surface area contributed by atoms with Crippen LogP contribution in [0, 0.1) is 17.0 Å². The van der Waals surface area contributed by atoms with Crippen molar-refractivity contribution in [2.24, 2.45) is 0 Å². The Kier molecular flexibility index (Phi) is 6.53. The predicted molar refractivity (Wildman–Crippen MR) is 96.0 cm³/mol. The van der Waals surface area contributed by atoms with Crippen molar-refractivity contribution >= 4 is 29.3 Å². The van der Waals surface area contributed by atoms with Crippen LogP contribution in [-0.2, 0) is 10.5 Å². The number of benzene rings is 2. The van der Waals surface area contributed by atoms with Crippen LogP contribution >= 0.6 is 11.8 Å². The zero-order chi connectivity index (χ0) is 18.2. The lowest BCUT2D eigenvalue weighted by molar-refractivity contribution is -0.384. The van der Waals surface area contributed by atoms with Gasteiger partial charge in [-0.1, -0.05) is 35.9 Å². The largest absolute Gasteiger partial charge is 0.272 e. The first-order valence-electron chi connectivity index (χ1n) is 7.42. The molecule has 0 atom stereocenters. The number of non-ortho nitro benzene ring substituents is 1. The van der Waals surface area contributed by atoms with Crippen molar-refractivity contribution in [3.8, 4) is 0 Å². The normalized spacial score (nSPS) is 10.1. The van der Waals surface area contributed by atoms with Gasteiger partial charge in [-0.05, 0) is 18.6 Å². The number of nitro groups is 1. The second-order valence-electron chi connectivity index (χ2n) is 5.29. The van der Waals surface area contributed by atoms with Crippen LogP contribution in [0.1, 0.15) is 21.5 Å². The number of nitro benzene ring substituents is 1. The van der Waals surface area contributed by atoms with Crippen LogP contribution in [0.15, 0.2) is 48.5 Å². The molecule has 8 heteroatoms. The monoisotopic (exact) mass is 359 g/mol. The van der Waals surface area contributed by atoms with Gasteiger partial charge in [-0.15, -0.1) is 11.8 Å². The number of nitrogens with zero attached hydrogens (tertiary/aromatic N) is 1. The van der Waals surface area contributed by atoms with Crippen LogP contribution in [0.2, 0.25) is 0 Å². The van der Waals surface area contributed by atoms with E-state index in [0.29, 0.717) is 5.75 Å². The second-order valence-corrected chi connectivity index (χ2v) is 6.27. The number of thioether (sulfide) groups is 1. The summed E-state index contributed by atoms with van der Waals surface area (Å²) in [5.74, 6) is -0.0909. The van der Waals surface area contributed by atoms with Gasteiger partial charge in [0.1, 0.15) is 0 Å². The van der Waals surface area contributed by atoms with Crippen molar-refractivity contribution in [2.45, 2.75) is 12.7 Å². The van der Waals surface area contributed by atoms with Crippen molar-refractivity contribution in [3.05, 3.63) is 75.3 Å². The highest BCUT2D eigenvalue weighted by atomic mass is 32.2. The quantitative estimate of drug-likeness (QED) is 0.610. The zero-order valence-electron chi connectivity index (χ0n) is 13.5. The van der Waals surface area contributed by atoms with Crippen LogP contribution in [0.3, 0.4) is 0 Å². The molecule has 0 spiro atoms. The molecule has 0 fully saturated rings. The van der Waals surface area contributed by atoms with Crippen molar-refractivity contribution < 1.29 is 14.5 Å². The molecule has 0 bridgehead atoms. The summed E-state index contributed by atoms with van der Waals surface area (Å²) in [6.07, 6.45) is 0. The number of aryl methyl sites for hydroxylation is 1. The van der Waals surface area contributed by atoms with Crippen molar-refractivity contribution in [1.82, 2.24) is 10.9 Å². The first-order valence-corrected chi connectivity index (χ1v) is 8.58. The third-order valence-corrected chi connectivity index (χ3v) is 4.26. The highest BCUT2D eigenvalue weighted by molar-refractivity contribution is 7.99.